The molecule has 0 atom stereocenters. The lowest BCUT2D eigenvalue weighted by Gasteiger charge is -2.12. The van der Waals surface area contributed by atoms with Crippen LogP contribution in [0.2, 0.25) is 0 Å². The molecule has 1 heterocycles. The largest absolute Gasteiger partial charge is 0.466 e. The molecule has 0 aromatic carbocycles. The van der Waals surface area contributed by atoms with Gasteiger partial charge in [-0.2, -0.15) is 4.98 Å². The van der Waals surface area contributed by atoms with Crippen LogP contribution in [0.15, 0.2) is 0 Å². The van der Waals surface area contributed by atoms with Crippen LogP contribution in [-0.2, 0) is 14.3 Å². The van der Waals surface area contributed by atoms with E-state index in [2.05, 4.69) is 20.6 Å². The molecule has 8 heteroatoms. The van der Waals surface area contributed by atoms with Crippen molar-refractivity contribution >= 4 is 29.8 Å². The summed E-state index contributed by atoms with van der Waals surface area (Å²) in [4.78, 5) is 29.6. The molecule has 1 amide bonds. The second-order valence-electron chi connectivity index (χ2n) is 3.63. The van der Waals surface area contributed by atoms with Gasteiger partial charge in [0.2, 0.25) is 12.4 Å². The first-order chi connectivity index (χ1) is 9.08. The minimum absolute atomic E-state index is 0.0904. The molecule has 0 aliphatic carbocycles. The van der Waals surface area contributed by atoms with E-state index in [4.69, 9.17) is 10.5 Å². The SMILES string of the molecule is CCOC(=O)CCNc1nc(N)nc(C)c1NC=O. The molecule has 1 aromatic heterocycles. The molecule has 0 radical (unpaired) electrons. The molecule has 8 nitrogen and oxygen atoms in total. The van der Waals surface area contributed by atoms with Crippen LogP contribution >= 0.6 is 0 Å². The van der Waals surface area contributed by atoms with Crippen molar-refractivity contribution in [1.29, 1.82) is 0 Å². The molecular weight excluding hydrogens is 250 g/mol. The lowest BCUT2D eigenvalue weighted by atomic mass is 10.3. The van der Waals surface area contributed by atoms with E-state index in [0.29, 0.717) is 36.8 Å². The fraction of sp³-hybridized carbons (Fsp3) is 0.455. The minimum atomic E-state index is -0.307. The van der Waals surface area contributed by atoms with Gasteiger partial charge in [0, 0.05) is 6.54 Å². The van der Waals surface area contributed by atoms with Crippen LogP contribution in [0.5, 0.6) is 0 Å². The number of ether oxygens (including phenoxy) is 1. The molecular formula is C11H17N5O3. The third-order valence-electron chi connectivity index (χ3n) is 2.24. The lowest BCUT2D eigenvalue weighted by molar-refractivity contribution is -0.142. The monoisotopic (exact) mass is 267 g/mol. The molecule has 104 valence electrons. The Kier molecular flexibility index (Phi) is 5.52. The number of rotatable bonds is 7. The molecule has 0 aliphatic heterocycles. The Labute approximate surface area is 110 Å². The summed E-state index contributed by atoms with van der Waals surface area (Å²) in [5.41, 5.74) is 6.51. The van der Waals surface area contributed by atoms with Crippen LogP contribution in [0, 0.1) is 6.92 Å². The number of nitrogen functional groups attached to an aromatic ring is 1. The molecule has 1 rings (SSSR count). The molecule has 1 aromatic rings. The summed E-state index contributed by atoms with van der Waals surface area (Å²) in [6.45, 7) is 4.10. The normalized spacial score (nSPS) is 9.79. The molecule has 0 bridgehead atoms. The highest BCUT2D eigenvalue weighted by molar-refractivity contribution is 5.81. The maximum atomic E-state index is 11.2. The van der Waals surface area contributed by atoms with E-state index in [1.807, 2.05) is 0 Å². The first-order valence-corrected chi connectivity index (χ1v) is 5.82. The number of amides is 1. The van der Waals surface area contributed by atoms with Gasteiger partial charge in [0.05, 0.1) is 18.7 Å². The van der Waals surface area contributed by atoms with Crippen molar-refractivity contribution in [2.45, 2.75) is 20.3 Å². The molecule has 0 aliphatic rings. The van der Waals surface area contributed by atoms with E-state index in [9.17, 15) is 9.59 Å². The topological polar surface area (TPSA) is 119 Å². The van der Waals surface area contributed by atoms with Crippen molar-refractivity contribution in [3.05, 3.63) is 5.69 Å². The molecule has 0 fully saturated rings. The van der Waals surface area contributed by atoms with E-state index in [0.717, 1.165) is 0 Å². The Morgan fingerprint density at radius 3 is 2.84 bits per heavy atom. The van der Waals surface area contributed by atoms with Gasteiger partial charge in [-0.05, 0) is 13.8 Å². The van der Waals surface area contributed by atoms with Crippen LogP contribution in [0.4, 0.5) is 17.5 Å². The molecule has 0 saturated heterocycles. The highest BCUT2D eigenvalue weighted by Gasteiger charge is 2.10. The molecule has 0 saturated carbocycles. The van der Waals surface area contributed by atoms with Crippen molar-refractivity contribution in [2.75, 3.05) is 29.5 Å². The van der Waals surface area contributed by atoms with E-state index in [-0.39, 0.29) is 18.3 Å². The number of hydrogen-bond acceptors (Lipinski definition) is 7. The van der Waals surface area contributed by atoms with Crippen molar-refractivity contribution in [1.82, 2.24) is 9.97 Å². The Balaban J connectivity index is 2.71. The van der Waals surface area contributed by atoms with Gasteiger partial charge in [0.1, 0.15) is 5.69 Å². The van der Waals surface area contributed by atoms with E-state index in [1.54, 1.807) is 13.8 Å². The van der Waals surface area contributed by atoms with Crippen LogP contribution in [0.25, 0.3) is 0 Å². The Morgan fingerprint density at radius 2 is 2.21 bits per heavy atom. The van der Waals surface area contributed by atoms with E-state index in [1.165, 1.54) is 0 Å². The fourth-order valence-corrected chi connectivity index (χ4v) is 1.47. The highest BCUT2D eigenvalue weighted by Crippen LogP contribution is 2.22. The predicted octanol–water partition coefficient (Wildman–Crippen LogP) is 0.301. The number of aryl methyl sites for hydroxylation is 1. The number of carbonyl (C=O) groups is 2. The number of hydrogen-bond donors (Lipinski definition) is 3. The Morgan fingerprint density at radius 1 is 1.47 bits per heavy atom. The number of nitrogens with one attached hydrogen (secondary N) is 2. The number of carbonyl (C=O) groups excluding carboxylic acids is 2. The van der Waals surface area contributed by atoms with Crippen LogP contribution < -0.4 is 16.4 Å². The summed E-state index contributed by atoms with van der Waals surface area (Å²) < 4.78 is 4.80. The number of nitrogens with two attached hydrogens (primary N) is 1. The average Bonchev–Trinajstić information content (AvgIpc) is 2.33. The van der Waals surface area contributed by atoms with Gasteiger partial charge >= 0.3 is 5.97 Å². The number of nitrogens with zero attached hydrogens (tertiary/aromatic N) is 2. The van der Waals surface area contributed by atoms with E-state index < -0.39 is 0 Å². The zero-order valence-corrected chi connectivity index (χ0v) is 10.9. The standard InChI is InChI=1S/C11H17N5O3/c1-3-19-8(18)4-5-13-10-9(14-6-17)7(2)15-11(12)16-10/h6H,3-5H2,1-2H3,(H,14,17)(H3,12,13,15,16). The van der Waals surface area contributed by atoms with Gasteiger partial charge in [-0.25, -0.2) is 4.98 Å². The summed E-state index contributed by atoms with van der Waals surface area (Å²) >= 11 is 0. The van der Waals surface area contributed by atoms with Crippen LogP contribution in [-0.4, -0.2) is 35.5 Å². The third kappa shape index (κ3) is 4.41. The quantitative estimate of drug-likeness (QED) is 0.480. The molecule has 4 N–H and O–H groups in total. The zero-order chi connectivity index (χ0) is 14.3. The predicted molar refractivity (Wildman–Crippen MR) is 70.6 cm³/mol. The smallest absolute Gasteiger partial charge is 0.307 e. The Hall–Kier alpha value is -2.38. The molecule has 19 heavy (non-hydrogen) atoms. The van der Waals surface area contributed by atoms with Crippen molar-refractivity contribution in [3.8, 4) is 0 Å². The molecule has 0 unspecified atom stereocenters. The summed E-state index contributed by atoms with van der Waals surface area (Å²) in [7, 11) is 0. The summed E-state index contributed by atoms with van der Waals surface area (Å²) in [5, 5.41) is 5.41. The average molecular weight is 267 g/mol. The van der Waals surface area contributed by atoms with Gasteiger partial charge in [-0.3, -0.25) is 9.59 Å². The van der Waals surface area contributed by atoms with Gasteiger partial charge in [0.25, 0.3) is 0 Å². The van der Waals surface area contributed by atoms with Gasteiger partial charge < -0.3 is 21.1 Å². The molecule has 0 spiro atoms. The third-order valence-corrected chi connectivity index (χ3v) is 2.24. The number of esters is 1. The van der Waals surface area contributed by atoms with Crippen LogP contribution in [0.3, 0.4) is 0 Å². The van der Waals surface area contributed by atoms with Gasteiger partial charge in [-0.1, -0.05) is 0 Å². The minimum Gasteiger partial charge on any atom is -0.466 e. The summed E-state index contributed by atoms with van der Waals surface area (Å²) in [6.07, 6.45) is 0.718. The number of anilines is 3. The second-order valence-corrected chi connectivity index (χ2v) is 3.63. The summed E-state index contributed by atoms with van der Waals surface area (Å²) in [5.74, 6) is 0.160. The van der Waals surface area contributed by atoms with Gasteiger partial charge in [0.15, 0.2) is 5.82 Å². The Bertz CT molecular complexity index is 464. The van der Waals surface area contributed by atoms with Crippen molar-refractivity contribution in [2.24, 2.45) is 0 Å². The first kappa shape index (κ1) is 14.7. The van der Waals surface area contributed by atoms with E-state index >= 15 is 0 Å². The first-order valence-electron chi connectivity index (χ1n) is 5.82. The maximum Gasteiger partial charge on any atom is 0.307 e. The maximum absolute atomic E-state index is 11.2. The zero-order valence-electron chi connectivity index (χ0n) is 10.9. The second kappa shape index (κ2) is 7.14. The van der Waals surface area contributed by atoms with Crippen LogP contribution in [0.1, 0.15) is 19.0 Å². The lowest BCUT2D eigenvalue weighted by Crippen LogP contribution is -2.15. The number of aromatic nitrogens is 2. The van der Waals surface area contributed by atoms with Crippen molar-refractivity contribution in [3.63, 3.8) is 0 Å². The van der Waals surface area contributed by atoms with Gasteiger partial charge in [-0.15, -0.1) is 0 Å². The summed E-state index contributed by atoms with van der Waals surface area (Å²) in [6, 6.07) is 0. The highest BCUT2D eigenvalue weighted by atomic mass is 16.5. The van der Waals surface area contributed by atoms with Crippen molar-refractivity contribution < 1.29 is 14.3 Å². The fourth-order valence-electron chi connectivity index (χ4n) is 1.47.